The van der Waals surface area contributed by atoms with Crippen molar-refractivity contribution in [2.75, 3.05) is 26.2 Å². The molecule has 0 unspecified atom stereocenters. The summed E-state index contributed by atoms with van der Waals surface area (Å²) in [5.41, 5.74) is 0.440. The Kier molecular flexibility index (Phi) is 3.76. The van der Waals surface area contributed by atoms with Gasteiger partial charge in [-0.1, -0.05) is 0 Å². The first-order valence-electron chi connectivity index (χ1n) is 7.02. The van der Waals surface area contributed by atoms with Crippen LogP contribution in [0.5, 0.6) is 0 Å². The van der Waals surface area contributed by atoms with Crippen molar-refractivity contribution in [3.05, 3.63) is 0 Å². The van der Waals surface area contributed by atoms with Gasteiger partial charge in [-0.15, -0.1) is 0 Å². The second kappa shape index (κ2) is 4.97. The molecule has 0 aromatic carbocycles. The predicted octanol–water partition coefficient (Wildman–Crippen LogP) is 2.12. The van der Waals surface area contributed by atoms with Crippen LogP contribution in [-0.4, -0.2) is 47.9 Å². The van der Waals surface area contributed by atoms with Crippen LogP contribution >= 0.6 is 0 Å². The molecule has 1 spiro atoms. The van der Waals surface area contributed by atoms with Crippen molar-refractivity contribution in [2.45, 2.75) is 52.5 Å². The molecule has 98 valence electrons. The van der Waals surface area contributed by atoms with Crippen LogP contribution in [0, 0.1) is 5.41 Å². The highest BCUT2D eigenvalue weighted by Crippen LogP contribution is 2.40. The molecule has 2 heterocycles. The van der Waals surface area contributed by atoms with Gasteiger partial charge in [-0.3, -0.25) is 4.79 Å². The molecule has 2 aliphatic rings. The van der Waals surface area contributed by atoms with Gasteiger partial charge in [0.05, 0.1) is 0 Å². The molecule has 0 radical (unpaired) electrons. The third kappa shape index (κ3) is 2.82. The molecule has 0 aromatic rings. The van der Waals surface area contributed by atoms with E-state index in [0.29, 0.717) is 11.5 Å². The van der Waals surface area contributed by atoms with E-state index in [0.717, 1.165) is 13.1 Å². The van der Waals surface area contributed by atoms with Gasteiger partial charge in [-0.25, -0.2) is 0 Å². The third-order valence-corrected chi connectivity index (χ3v) is 4.70. The number of likely N-dealkylation sites (tertiary alicyclic amines) is 2. The molecule has 1 amide bonds. The zero-order valence-electron chi connectivity index (χ0n) is 11.5. The van der Waals surface area contributed by atoms with E-state index in [1.54, 1.807) is 6.92 Å². The van der Waals surface area contributed by atoms with Crippen molar-refractivity contribution in [3.8, 4) is 0 Å². The Morgan fingerprint density at radius 3 is 2.29 bits per heavy atom. The Morgan fingerprint density at radius 2 is 1.76 bits per heavy atom. The van der Waals surface area contributed by atoms with Crippen LogP contribution in [0.15, 0.2) is 0 Å². The zero-order valence-corrected chi connectivity index (χ0v) is 11.5. The van der Waals surface area contributed by atoms with Crippen molar-refractivity contribution in [1.82, 2.24) is 9.80 Å². The number of rotatable bonds is 1. The van der Waals surface area contributed by atoms with Gasteiger partial charge in [0.1, 0.15) is 0 Å². The number of hydrogen-bond acceptors (Lipinski definition) is 2. The first kappa shape index (κ1) is 12.9. The predicted molar refractivity (Wildman–Crippen MR) is 69.9 cm³/mol. The molecule has 2 aliphatic heterocycles. The largest absolute Gasteiger partial charge is 0.342 e. The summed E-state index contributed by atoms with van der Waals surface area (Å²) in [7, 11) is 0. The van der Waals surface area contributed by atoms with Crippen molar-refractivity contribution < 1.29 is 4.79 Å². The van der Waals surface area contributed by atoms with Crippen LogP contribution in [0.3, 0.4) is 0 Å². The van der Waals surface area contributed by atoms with Gasteiger partial charge in [-0.2, -0.15) is 0 Å². The Morgan fingerprint density at radius 1 is 1.12 bits per heavy atom. The van der Waals surface area contributed by atoms with Gasteiger partial charge in [-0.05, 0) is 58.0 Å². The first-order valence-corrected chi connectivity index (χ1v) is 7.02. The molecular weight excluding hydrogens is 212 g/mol. The maximum atomic E-state index is 11.5. The Bertz CT molecular complexity index is 280. The molecule has 0 N–H and O–H groups in total. The summed E-state index contributed by atoms with van der Waals surface area (Å²) < 4.78 is 0. The van der Waals surface area contributed by atoms with Crippen molar-refractivity contribution in [2.24, 2.45) is 5.41 Å². The van der Waals surface area contributed by atoms with E-state index in [2.05, 4.69) is 23.6 Å². The summed E-state index contributed by atoms with van der Waals surface area (Å²) in [5.74, 6) is 0.260. The van der Waals surface area contributed by atoms with E-state index in [9.17, 15) is 4.79 Å². The van der Waals surface area contributed by atoms with Gasteiger partial charge >= 0.3 is 0 Å². The van der Waals surface area contributed by atoms with Crippen LogP contribution in [0.1, 0.15) is 46.5 Å². The molecule has 2 rings (SSSR count). The minimum atomic E-state index is 0.260. The molecule has 3 nitrogen and oxygen atoms in total. The number of nitrogens with zero attached hydrogens (tertiary/aromatic N) is 2. The molecular formula is C14H26N2O. The number of amides is 1. The smallest absolute Gasteiger partial charge is 0.219 e. The minimum Gasteiger partial charge on any atom is -0.342 e. The fourth-order valence-electron chi connectivity index (χ4n) is 3.40. The minimum absolute atomic E-state index is 0.260. The lowest BCUT2D eigenvalue weighted by atomic mass is 9.72. The molecule has 2 saturated heterocycles. The van der Waals surface area contributed by atoms with Crippen molar-refractivity contribution >= 4 is 5.91 Å². The quantitative estimate of drug-likeness (QED) is 0.698. The van der Waals surface area contributed by atoms with E-state index in [-0.39, 0.29) is 5.91 Å². The standard InChI is InChI=1S/C14H26N2O/c1-12(2)15-9-6-14(7-10-15)5-4-8-16(11-14)13(3)17/h12H,4-11H2,1-3H3. The van der Waals surface area contributed by atoms with Crippen molar-refractivity contribution in [1.29, 1.82) is 0 Å². The summed E-state index contributed by atoms with van der Waals surface area (Å²) >= 11 is 0. The van der Waals surface area contributed by atoms with E-state index in [1.165, 1.54) is 38.8 Å². The summed E-state index contributed by atoms with van der Waals surface area (Å²) in [6.45, 7) is 10.7. The first-order chi connectivity index (χ1) is 8.02. The van der Waals surface area contributed by atoms with E-state index >= 15 is 0 Å². The highest BCUT2D eigenvalue weighted by molar-refractivity contribution is 5.73. The maximum absolute atomic E-state index is 11.5. The molecule has 17 heavy (non-hydrogen) atoms. The number of carbonyl (C=O) groups excluding carboxylic acids is 1. The number of piperidine rings is 2. The number of hydrogen-bond donors (Lipinski definition) is 0. The summed E-state index contributed by atoms with van der Waals surface area (Å²) in [6, 6.07) is 0.667. The monoisotopic (exact) mass is 238 g/mol. The zero-order chi connectivity index (χ0) is 12.5. The van der Waals surface area contributed by atoms with Gasteiger partial charge < -0.3 is 9.80 Å². The van der Waals surface area contributed by atoms with Gasteiger partial charge in [0.15, 0.2) is 0 Å². The fourth-order valence-corrected chi connectivity index (χ4v) is 3.40. The lowest BCUT2D eigenvalue weighted by Gasteiger charge is -2.48. The van der Waals surface area contributed by atoms with Gasteiger partial charge in [0.25, 0.3) is 0 Å². The van der Waals surface area contributed by atoms with E-state index in [1.807, 2.05) is 0 Å². The topological polar surface area (TPSA) is 23.6 Å². The molecule has 0 bridgehead atoms. The van der Waals surface area contributed by atoms with Crippen LogP contribution in [-0.2, 0) is 4.79 Å². The normalized spacial score (nSPS) is 25.5. The lowest BCUT2D eigenvalue weighted by molar-refractivity contribution is -0.133. The van der Waals surface area contributed by atoms with Gasteiger partial charge in [0, 0.05) is 26.1 Å². The Hall–Kier alpha value is -0.570. The van der Waals surface area contributed by atoms with Crippen LogP contribution < -0.4 is 0 Å². The lowest BCUT2D eigenvalue weighted by Crippen LogP contribution is -2.51. The average Bonchev–Trinajstić information content (AvgIpc) is 2.29. The summed E-state index contributed by atoms with van der Waals surface area (Å²) in [4.78, 5) is 16.1. The maximum Gasteiger partial charge on any atom is 0.219 e. The Labute approximate surface area is 105 Å². The molecule has 0 saturated carbocycles. The molecule has 0 atom stereocenters. The highest BCUT2D eigenvalue weighted by Gasteiger charge is 2.39. The Balaban J connectivity index is 1.95. The third-order valence-electron chi connectivity index (χ3n) is 4.70. The molecule has 0 aromatic heterocycles. The number of carbonyl (C=O) groups is 1. The van der Waals surface area contributed by atoms with Gasteiger partial charge in [0.2, 0.25) is 5.91 Å². The van der Waals surface area contributed by atoms with Crippen LogP contribution in [0.2, 0.25) is 0 Å². The van der Waals surface area contributed by atoms with Crippen molar-refractivity contribution in [3.63, 3.8) is 0 Å². The molecule has 2 fully saturated rings. The highest BCUT2D eigenvalue weighted by atomic mass is 16.2. The molecule has 0 aliphatic carbocycles. The van der Waals surface area contributed by atoms with E-state index < -0.39 is 0 Å². The fraction of sp³-hybridized carbons (Fsp3) is 0.929. The summed E-state index contributed by atoms with van der Waals surface area (Å²) in [6.07, 6.45) is 5.06. The van der Waals surface area contributed by atoms with E-state index in [4.69, 9.17) is 0 Å². The second-order valence-electron chi connectivity index (χ2n) is 6.17. The SMILES string of the molecule is CC(=O)N1CCCC2(CCN(C(C)C)CC2)C1. The second-order valence-corrected chi connectivity index (χ2v) is 6.17. The summed E-state index contributed by atoms with van der Waals surface area (Å²) in [5, 5.41) is 0. The van der Waals surface area contributed by atoms with Crippen LogP contribution in [0.25, 0.3) is 0 Å². The van der Waals surface area contributed by atoms with Crippen LogP contribution in [0.4, 0.5) is 0 Å². The average molecular weight is 238 g/mol. The molecule has 3 heteroatoms.